The van der Waals surface area contributed by atoms with Crippen LogP contribution in [0.2, 0.25) is 0 Å². The minimum Gasteiger partial charge on any atom is -0.378 e. The van der Waals surface area contributed by atoms with Crippen molar-refractivity contribution in [1.82, 2.24) is 4.90 Å². The zero-order chi connectivity index (χ0) is 18.6. The van der Waals surface area contributed by atoms with Crippen molar-refractivity contribution < 1.29 is 14.3 Å². The molecule has 0 spiro atoms. The third kappa shape index (κ3) is 4.17. The molecule has 27 heavy (non-hydrogen) atoms. The van der Waals surface area contributed by atoms with Gasteiger partial charge >= 0.3 is 0 Å². The Morgan fingerprint density at radius 1 is 1.00 bits per heavy atom. The highest BCUT2D eigenvalue weighted by molar-refractivity contribution is 8.00. The Morgan fingerprint density at radius 3 is 2.63 bits per heavy atom. The minimum absolute atomic E-state index is 0.0754. The first kappa shape index (κ1) is 18.1. The van der Waals surface area contributed by atoms with Crippen LogP contribution in [0.25, 0.3) is 11.1 Å². The number of thioether (sulfide) groups is 1. The predicted molar refractivity (Wildman–Crippen MR) is 108 cm³/mol. The van der Waals surface area contributed by atoms with E-state index in [0.717, 1.165) is 12.1 Å². The van der Waals surface area contributed by atoms with E-state index in [9.17, 15) is 9.59 Å². The summed E-state index contributed by atoms with van der Waals surface area (Å²) in [7, 11) is 0. The van der Waals surface area contributed by atoms with Crippen LogP contribution < -0.4 is 5.32 Å². The molecule has 1 saturated heterocycles. The van der Waals surface area contributed by atoms with Gasteiger partial charge in [-0.25, -0.2) is 0 Å². The van der Waals surface area contributed by atoms with E-state index in [1.165, 1.54) is 34.0 Å². The largest absolute Gasteiger partial charge is 0.378 e. The summed E-state index contributed by atoms with van der Waals surface area (Å²) >= 11 is 1.35. The van der Waals surface area contributed by atoms with Gasteiger partial charge in [0.15, 0.2) is 0 Å². The zero-order valence-electron chi connectivity index (χ0n) is 15.1. The fraction of sp³-hybridized carbons (Fsp3) is 0.333. The van der Waals surface area contributed by atoms with Gasteiger partial charge in [-0.15, -0.1) is 11.8 Å². The number of rotatable bonds is 5. The van der Waals surface area contributed by atoms with E-state index in [-0.39, 0.29) is 17.6 Å². The number of fused-ring (bicyclic) bond motifs is 3. The molecule has 0 aromatic heterocycles. The number of ether oxygens (including phenoxy) is 1. The number of hydrogen-bond acceptors (Lipinski definition) is 4. The first-order valence-corrected chi connectivity index (χ1v) is 10.3. The summed E-state index contributed by atoms with van der Waals surface area (Å²) < 4.78 is 5.25. The van der Waals surface area contributed by atoms with Crippen LogP contribution in [0.3, 0.4) is 0 Å². The van der Waals surface area contributed by atoms with E-state index in [4.69, 9.17) is 4.74 Å². The average molecular weight is 382 g/mol. The lowest BCUT2D eigenvalue weighted by molar-refractivity contribution is -0.132. The molecule has 0 saturated carbocycles. The highest BCUT2D eigenvalue weighted by Gasteiger charge is 2.19. The van der Waals surface area contributed by atoms with Crippen LogP contribution in [0.1, 0.15) is 11.1 Å². The molecule has 1 heterocycles. The number of amides is 2. The number of carbonyl (C=O) groups excluding carboxylic acids is 2. The van der Waals surface area contributed by atoms with Gasteiger partial charge in [-0.2, -0.15) is 0 Å². The first-order valence-electron chi connectivity index (χ1n) is 9.15. The van der Waals surface area contributed by atoms with Gasteiger partial charge in [-0.3, -0.25) is 9.59 Å². The van der Waals surface area contributed by atoms with Crippen LogP contribution in [0.4, 0.5) is 5.69 Å². The maximum absolute atomic E-state index is 12.2. The van der Waals surface area contributed by atoms with Gasteiger partial charge in [-0.05, 0) is 40.8 Å². The Morgan fingerprint density at radius 2 is 1.78 bits per heavy atom. The zero-order valence-corrected chi connectivity index (χ0v) is 15.9. The fourth-order valence-electron chi connectivity index (χ4n) is 3.56. The highest BCUT2D eigenvalue weighted by Crippen LogP contribution is 2.37. The van der Waals surface area contributed by atoms with Gasteiger partial charge in [0.1, 0.15) is 0 Å². The molecule has 2 aromatic rings. The van der Waals surface area contributed by atoms with Crippen molar-refractivity contribution in [2.24, 2.45) is 0 Å². The topological polar surface area (TPSA) is 58.6 Å². The summed E-state index contributed by atoms with van der Waals surface area (Å²) in [6, 6.07) is 14.5. The molecule has 0 radical (unpaired) electrons. The highest BCUT2D eigenvalue weighted by atomic mass is 32.2. The molecule has 1 fully saturated rings. The third-order valence-corrected chi connectivity index (χ3v) is 5.82. The van der Waals surface area contributed by atoms with E-state index >= 15 is 0 Å². The second-order valence-corrected chi connectivity index (χ2v) is 7.73. The van der Waals surface area contributed by atoms with Crippen LogP contribution >= 0.6 is 11.8 Å². The molecular formula is C21H22N2O3S. The molecule has 2 aromatic carbocycles. The van der Waals surface area contributed by atoms with Crippen LogP contribution in [-0.4, -0.2) is 54.5 Å². The number of morpholine rings is 1. The monoisotopic (exact) mass is 382 g/mol. The van der Waals surface area contributed by atoms with E-state index in [1.54, 1.807) is 4.90 Å². The smallest absolute Gasteiger partial charge is 0.234 e. The van der Waals surface area contributed by atoms with Gasteiger partial charge < -0.3 is 15.0 Å². The lowest BCUT2D eigenvalue weighted by atomic mass is 10.1. The molecule has 1 aliphatic carbocycles. The van der Waals surface area contributed by atoms with Crippen molar-refractivity contribution in [3.63, 3.8) is 0 Å². The van der Waals surface area contributed by atoms with Gasteiger partial charge in [0.05, 0.1) is 24.7 Å². The van der Waals surface area contributed by atoms with Gasteiger partial charge in [0.2, 0.25) is 11.8 Å². The number of nitrogens with zero attached hydrogens (tertiary/aromatic N) is 1. The predicted octanol–water partition coefficient (Wildman–Crippen LogP) is 2.79. The Bertz CT molecular complexity index is 862. The second kappa shape index (κ2) is 8.15. The quantitative estimate of drug-likeness (QED) is 0.737. The van der Waals surface area contributed by atoms with E-state index in [1.807, 2.05) is 6.07 Å². The van der Waals surface area contributed by atoms with Crippen molar-refractivity contribution in [1.29, 1.82) is 0 Å². The van der Waals surface area contributed by atoms with Crippen LogP contribution in [0.15, 0.2) is 42.5 Å². The number of nitrogens with one attached hydrogen (secondary N) is 1. The summed E-state index contributed by atoms with van der Waals surface area (Å²) in [5.41, 5.74) is 5.90. The summed E-state index contributed by atoms with van der Waals surface area (Å²) in [6.07, 6.45) is 0.901. The first-order chi connectivity index (χ1) is 13.2. The van der Waals surface area contributed by atoms with Gasteiger partial charge in [-0.1, -0.05) is 30.3 Å². The number of hydrogen-bond donors (Lipinski definition) is 1. The van der Waals surface area contributed by atoms with E-state index in [0.29, 0.717) is 32.1 Å². The van der Waals surface area contributed by atoms with Crippen molar-refractivity contribution >= 4 is 29.3 Å². The summed E-state index contributed by atoms with van der Waals surface area (Å²) in [5, 5.41) is 2.95. The SMILES string of the molecule is O=C(CSCC(=O)N1CCOCC1)Nc1ccc2c(c1)Cc1ccccc1-2. The molecule has 0 unspecified atom stereocenters. The third-order valence-electron chi connectivity index (χ3n) is 4.90. The Labute approximate surface area is 163 Å². The summed E-state index contributed by atoms with van der Waals surface area (Å²) in [6.45, 7) is 2.48. The Hall–Kier alpha value is -2.31. The number of benzene rings is 2. The molecule has 0 atom stereocenters. The van der Waals surface area contributed by atoms with Gasteiger partial charge in [0, 0.05) is 18.8 Å². The van der Waals surface area contributed by atoms with Crippen molar-refractivity contribution in [3.8, 4) is 11.1 Å². The van der Waals surface area contributed by atoms with Crippen LogP contribution in [0, 0.1) is 0 Å². The molecule has 0 bridgehead atoms. The second-order valence-electron chi connectivity index (χ2n) is 6.74. The molecule has 4 rings (SSSR count). The van der Waals surface area contributed by atoms with Crippen LogP contribution in [-0.2, 0) is 20.7 Å². The van der Waals surface area contributed by atoms with Gasteiger partial charge in [0.25, 0.3) is 0 Å². The normalized spacial score (nSPS) is 15.2. The fourth-order valence-corrected chi connectivity index (χ4v) is 4.27. The molecule has 140 valence electrons. The molecule has 2 aliphatic rings. The number of carbonyl (C=O) groups is 2. The molecule has 1 N–H and O–H groups in total. The summed E-state index contributed by atoms with van der Waals surface area (Å²) in [5.74, 6) is 0.594. The molecule has 6 heteroatoms. The Balaban J connectivity index is 1.28. The molecule has 2 amide bonds. The average Bonchev–Trinajstić information content (AvgIpc) is 3.06. The van der Waals surface area contributed by atoms with E-state index in [2.05, 4.69) is 41.7 Å². The van der Waals surface area contributed by atoms with Crippen molar-refractivity contribution in [2.75, 3.05) is 43.1 Å². The maximum Gasteiger partial charge on any atom is 0.234 e. The maximum atomic E-state index is 12.2. The van der Waals surface area contributed by atoms with E-state index < -0.39 is 0 Å². The summed E-state index contributed by atoms with van der Waals surface area (Å²) in [4.78, 5) is 26.1. The molecular weight excluding hydrogens is 360 g/mol. The van der Waals surface area contributed by atoms with Crippen molar-refractivity contribution in [2.45, 2.75) is 6.42 Å². The minimum atomic E-state index is -0.0785. The standard InChI is InChI=1S/C21H22N2O3S/c24-20(13-27-14-21(25)23-7-9-26-10-8-23)22-17-5-6-19-16(12-17)11-15-3-1-2-4-18(15)19/h1-6,12H,7-11,13-14H2,(H,22,24). The molecule has 5 nitrogen and oxygen atoms in total. The lowest BCUT2D eigenvalue weighted by Crippen LogP contribution is -2.41. The Kier molecular flexibility index (Phi) is 5.45. The van der Waals surface area contributed by atoms with Crippen molar-refractivity contribution in [3.05, 3.63) is 53.6 Å². The van der Waals surface area contributed by atoms with Crippen LogP contribution in [0.5, 0.6) is 0 Å². The lowest BCUT2D eigenvalue weighted by Gasteiger charge is -2.26. The number of anilines is 1. The molecule has 1 aliphatic heterocycles.